The number of anilines is 1. The first kappa shape index (κ1) is 18.3. The van der Waals surface area contributed by atoms with Crippen molar-refractivity contribution in [2.24, 2.45) is 0 Å². The summed E-state index contributed by atoms with van der Waals surface area (Å²) in [5.74, 6) is -0.543. The van der Waals surface area contributed by atoms with Crippen molar-refractivity contribution in [1.82, 2.24) is 19.2 Å². The fraction of sp³-hybridized carbons (Fsp3) is 0.375. The lowest BCUT2D eigenvalue weighted by Gasteiger charge is -2.36. The van der Waals surface area contributed by atoms with Crippen LogP contribution in [0.4, 0.5) is 10.1 Å². The second-order valence-electron chi connectivity index (χ2n) is 6.02. The average Bonchev–Trinajstić information content (AvgIpc) is 3.18. The first-order chi connectivity index (χ1) is 12.4. The van der Waals surface area contributed by atoms with E-state index in [9.17, 15) is 17.6 Å². The Bertz CT molecular complexity index is 847. The molecule has 0 saturated carbocycles. The number of rotatable bonds is 5. The van der Waals surface area contributed by atoms with Crippen LogP contribution in [0.1, 0.15) is 0 Å². The third-order valence-corrected chi connectivity index (χ3v) is 6.07. The van der Waals surface area contributed by atoms with Crippen molar-refractivity contribution in [2.45, 2.75) is 5.03 Å². The van der Waals surface area contributed by atoms with E-state index in [1.54, 1.807) is 17.0 Å². The molecule has 1 aliphatic rings. The molecule has 10 heteroatoms. The minimum absolute atomic E-state index is 0.0473. The number of sulfonamides is 1. The molecular formula is C16H20FN5O3S. The Kier molecular flexibility index (Phi) is 5.23. The van der Waals surface area contributed by atoms with Crippen LogP contribution >= 0.6 is 0 Å². The molecule has 1 aliphatic heterocycles. The van der Waals surface area contributed by atoms with Gasteiger partial charge in [-0.3, -0.25) is 4.79 Å². The standard InChI is InChI=1S/C16H20FN5O3S/c1-20(26(24,25)15-10-18-12-19-15)11-16(23)22-8-6-21(7-9-22)14-4-2-13(17)3-5-14/h2-5,10,12H,6-9,11H2,1H3,(H,18,19). The Balaban J connectivity index is 1.56. The van der Waals surface area contributed by atoms with Gasteiger partial charge in [-0.05, 0) is 24.3 Å². The topological polar surface area (TPSA) is 89.6 Å². The molecule has 0 unspecified atom stereocenters. The number of H-pyrrole nitrogens is 1. The highest BCUT2D eigenvalue weighted by atomic mass is 32.2. The first-order valence-electron chi connectivity index (χ1n) is 8.11. The highest BCUT2D eigenvalue weighted by Gasteiger charge is 2.28. The van der Waals surface area contributed by atoms with E-state index in [-0.39, 0.29) is 23.3 Å². The number of imidazole rings is 1. The number of carbonyl (C=O) groups excluding carboxylic acids is 1. The molecule has 1 saturated heterocycles. The molecule has 0 radical (unpaired) electrons. The Morgan fingerprint density at radius 2 is 1.88 bits per heavy atom. The van der Waals surface area contributed by atoms with Crippen molar-refractivity contribution in [3.05, 3.63) is 42.6 Å². The fourth-order valence-corrected chi connectivity index (χ4v) is 3.81. The number of likely N-dealkylation sites (N-methyl/N-ethyl adjacent to an activating group) is 1. The molecule has 1 aromatic carbocycles. The highest BCUT2D eigenvalue weighted by Crippen LogP contribution is 2.17. The summed E-state index contributed by atoms with van der Waals surface area (Å²) in [5.41, 5.74) is 0.900. The Labute approximate surface area is 151 Å². The SMILES string of the molecule is CN(CC(=O)N1CCN(c2ccc(F)cc2)CC1)S(=O)(=O)c1cnc[nH]1. The van der Waals surface area contributed by atoms with Gasteiger partial charge in [-0.1, -0.05) is 0 Å². The summed E-state index contributed by atoms with van der Waals surface area (Å²) in [7, 11) is -2.40. The predicted molar refractivity (Wildman–Crippen MR) is 93.6 cm³/mol. The summed E-state index contributed by atoms with van der Waals surface area (Å²) >= 11 is 0. The number of benzene rings is 1. The van der Waals surface area contributed by atoms with E-state index in [2.05, 4.69) is 14.9 Å². The zero-order valence-electron chi connectivity index (χ0n) is 14.3. The molecule has 1 amide bonds. The van der Waals surface area contributed by atoms with Gasteiger partial charge < -0.3 is 14.8 Å². The number of nitrogens with zero attached hydrogens (tertiary/aromatic N) is 4. The lowest BCUT2D eigenvalue weighted by atomic mass is 10.2. The number of amides is 1. The molecule has 26 heavy (non-hydrogen) atoms. The number of nitrogens with one attached hydrogen (secondary N) is 1. The summed E-state index contributed by atoms with van der Waals surface area (Å²) in [6.07, 6.45) is 2.48. The maximum Gasteiger partial charge on any atom is 0.260 e. The van der Waals surface area contributed by atoms with Crippen LogP contribution in [0.5, 0.6) is 0 Å². The molecule has 0 aliphatic carbocycles. The van der Waals surface area contributed by atoms with Crippen molar-refractivity contribution in [1.29, 1.82) is 0 Å². The summed E-state index contributed by atoms with van der Waals surface area (Å²) in [5, 5.41) is -0.0473. The summed E-state index contributed by atoms with van der Waals surface area (Å²) in [6, 6.07) is 6.22. The third-order valence-electron chi connectivity index (χ3n) is 4.34. The van der Waals surface area contributed by atoms with E-state index in [1.807, 2.05) is 0 Å². The smallest absolute Gasteiger partial charge is 0.260 e. The number of halogens is 1. The fourth-order valence-electron chi connectivity index (χ4n) is 2.79. The minimum atomic E-state index is -3.77. The van der Waals surface area contributed by atoms with Crippen molar-refractivity contribution in [3.8, 4) is 0 Å². The van der Waals surface area contributed by atoms with Crippen LogP contribution in [0.25, 0.3) is 0 Å². The number of carbonyl (C=O) groups is 1. The summed E-state index contributed by atoms with van der Waals surface area (Å²) in [6.45, 7) is 1.93. The number of hydrogen-bond acceptors (Lipinski definition) is 5. The van der Waals surface area contributed by atoms with Crippen LogP contribution in [0.15, 0.2) is 41.8 Å². The van der Waals surface area contributed by atoms with Gasteiger partial charge in [-0.15, -0.1) is 0 Å². The van der Waals surface area contributed by atoms with Crippen molar-refractivity contribution in [2.75, 3.05) is 44.7 Å². The largest absolute Gasteiger partial charge is 0.368 e. The third kappa shape index (κ3) is 3.86. The van der Waals surface area contributed by atoms with E-state index in [0.717, 1.165) is 9.99 Å². The number of hydrogen-bond donors (Lipinski definition) is 1. The van der Waals surface area contributed by atoms with Crippen LogP contribution < -0.4 is 4.90 Å². The van der Waals surface area contributed by atoms with Crippen LogP contribution in [-0.2, 0) is 14.8 Å². The monoisotopic (exact) mass is 381 g/mol. The van der Waals surface area contributed by atoms with Gasteiger partial charge in [0, 0.05) is 38.9 Å². The van der Waals surface area contributed by atoms with Crippen molar-refractivity contribution in [3.63, 3.8) is 0 Å². The zero-order valence-corrected chi connectivity index (χ0v) is 15.1. The van der Waals surface area contributed by atoms with Gasteiger partial charge in [0.1, 0.15) is 5.82 Å². The van der Waals surface area contributed by atoms with Gasteiger partial charge in [-0.2, -0.15) is 4.31 Å². The molecule has 2 heterocycles. The molecule has 1 aromatic heterocycles. The lowest BCUT2D eigenvalue weighted by Crippen LogP contribution is -2.51. The lowest BCUT2D eigenvalue weighted by molar-refractivity contribution is -0.131. The highest BCUT2D eigenvalue weighted by molar-refractivity contribution is 7.89. The molecule has 1 N–H and O–H groups in total. The van der Waals surface area contributed by atoms with E-state index in [4.69, 9.17) is 0 Å². The molecule has 8 nitrogen and oxygen atoms in total. The number of aromatic nitrogens is 2. The maximum absolute atomic E-state index is 13.0. The van der Waals surface area contributed by atoms with E-state index in [1.165, 1.54) is 31.7 Å². The Hall–Kier alpha value is -2.46. The van der Waals surface area contributed by atoms with Gasteiger partial charge in [-0.25, -0.2) is 17.8 Å². The normalized spacial score (nSPS) is 15.5. The molecule has 3 rings (SSSR count). The van der Waals surface area contributed by atoms with Gasteiger partial charge in [0.25, 0.3) is 10.0 Å². The Morgan fingerprint density at radius 3 is 2.46 bits per heavy atom. The molecule has 2 aromatic rings. The molecule has 140 valence electrons. The van der Waals surface area contributed by atoms with E-state index < -0.39 is 10.0 Å². The van der Waals surface area contributed by atoms with Crippen molar-refractivity contribution >= 4 is 21.6 Å². The maximum atomic E-state index is 13.0. The van der Waals surface area contributed by atoms with Crippen LogP contribution in [0.2, 0.25) is 0 Å². The summed E-state index contributed by atoms with van der Waals surface area (Å²) in [4.78, 5) is 22.4. The van der Waals surface area contributed by atoms with Crippen LogP contribution in [0, 0.1) is 5.82 Å². The molecule has 0 spiro atoms. The zero-order chi connectivity index (χ0) is 18.7. The molecule has 0 bridgehead atoms. The van der Waals surface area contributed by atoms with Crippen molar-refractivity contribution < 1.29 is 17.6 Å². The van der Waals surface area contributed by atoms with Gasteiger partial charge in [0.2, 0.25) is 5.91 Å². The van der Waals surface area contributed by atoms with Crippen LogP contribution in [0.3, 0.4) is 0 Å². The molecular weight excluding hydrogens is 361 g/mol. The van der Waals surface area contributed by atoms with Gasteiger partial charge in [0.05, 0.1) is 19.1 Å². The molecule has 0 atom stereocenters. The first-order valence-corrected chi connectivity index (χ1v) is 9.55. The van der Waals surface area contributed by atoms with Gasteiger partial charge >= 0.3 is 0 Å². The quantitative estimate of drug-likeness (QED) is 0.816. The number of aromatic amines is 1. The van der Waals surface area contributed by atoms with E-state index in [0.29, 0.717) is 26.2 Å². The van der Waals surface area contributed by atoms with E-state index >= 15 is 0 Å². The second kappa shape index (κ2) is 7.42. The van der Waals surface area contributed by atoms with Crippen LogP contribution in [-0.4, -0.2) is 73.3 Å². The Morgan fingerprint density at radius 1 is 1.23 bits per heavy atom. The second-order valence-corrected chi connectivity index (χ2v) is 8.03. The predicted octanol–water partition coefficient (Wildman–Crippen LogP) is 0.518. The molecule has 1 fully saturated rings. The average molecular weight is 381 g/mol. The summed E-state index contributed by atoms with van der Waals surface area (Å²) < 4.78 is 38.7. The number of piperazine rings is 1. The minimum Gasteiger partial charge on any atom is -0.368 e. The van der Waals surface area contributed by atoms with Gasteiger partial charge in [0.15, 0.2) is 5.03 Å².